The van der Waals surface area contributed by atoms with E-state index < -0.39 is 0 Å². The minimum Gasteiger partial charge on any atom is -0.383 e. The van der Waals surface area contributed by atoms with Crippen LogP contribution in [0.3, 0.4) is 0 Å². The number of Topliss-reactive ketones (excluding diaryl/α,β-unsaturated/α-hetero) is 1. The third-order valence-corrected chi connectivity index (χ3v) is 2.63. The zero-order chi connectivity index (χ0) is 11.0. The molecule has 15 heavy (non-hydrogen) atoms. The van der Waals surface area contributed by atoms with Gasteiger partial charge in [0.05, 0.1) is 0 Å². The van der Waals surface area contributed by atoms with Gasteiger partial charge < -0.3 is 4.90 Å². The summed E-state index contributed by atoms with van der Waals surface area (Å²) >= 11 is 5.88. The Labute approximate surface area is 94.2 Å². The summed E-state index contributed by atoms with van der Waals surface area (Å²) in [5.74, 6) is 0.121. The molecule has 1 aromatic carbocycles. The van der Waals surface area contributed by atoms with E-state index in [9.17, 15) is 4.79 Å². The molecule has 78 valence electrons. The fraction of sp³-hybridized carbons (Fsp3) is 0.250. The average molecular weight is 222 g/mol. The van der Waals surface area contributed by atoms with Gasteiger partial charge in [-0.1, -0.05) is 11.6 Å². The van der Waals surface area contributed by atoms with Gasteiger partial charge in [-0.15, -0.1) is 0 Å². The van der Waals surface area contributed by atoms with Gasteiger partial charge in [0.2, 0.25) is 0 Å². The van der Waals surface area contributed by atoms with Crippen molar-refractivity contribution in [2.24, 2.45) is 0 Å². The second-order valence-electron chi connectivity index (χ2n) is 3.93. The summed E-state index contributed by atoms with van der Waals surface area (Å²) in [5, 5.41) is 0.688. The van der Waals surface area contributed by atoms with Gasteiger partial charge in [0.25, 0.3) is 0 Å². The number of hydrogen-bond acceptors (Lipinski definition) is 2. The fourth-order valence-corrected chi connectivity index (χ4v) is 2.00. The molecule has 1 aliphatic rings. The normalized spacial score (nSPS) is 17.0. The molecular weight excluding hydrogens is 210 g/mol. The van der Waals surface area contributed by atoms with Gasteiger partial charge in [0, 0.05) is 42.9 Å². The zero-order valence-electron chi connectivity index (χ0n) is 8.75. The Hall–Kier alpha value is -1.28. The van der Waals surface area contributed by atoms with Crippen LogP contribution in [0.25, 0.3) is 0 Å². The van der Waals surface area contributed by atoms with E-state index in [4.69, 9.17) is 11.6 Å². The molecule has 1 aliphatic carbocycles. The summed E-state index contributed by atoms with van der Waals surface area (Å²) in [6, 6.07) is 5.43. The van der Waals surface area contributed by atoms with Crippen molar-refractivity contribution >= 4 is 17.4 Å². The minimum atomic E-state index is 0.121. The highest BCUT2D eigenvalue weighted by atomic mass is 35.5. The lowest BCUT2D eigenvalue weighted by Crippen LogP contribution is -2.06. The molecule has 3 heteroatoms. The number of ketones is 1. The van der Waals surface area contributed by atoms with Crippen molar-refractivity contribution in [1.82, 2.24) is 4.90 Å². The molecule has 0 amide bonds. The lowest BCUT2D eigenvalue weighted by atomic mass is 10.1. The standard InChI is InChI=1S/C12H12ClNO/c1-14(2)7-9-5-8-6-10(13)3-4-11(8)12(9)15/h3-4,6-7H,5H2,1-2H3. The van der Waals surface area contributed by atoms with E-state index in [0.717, 1.165) is 16.7 Å². The largest absolute Gasteiger partial charge is 0.383 e. The van der Waals surface area contributed by atoms with Crippen molar-refractivity contribution < 1.29 is 4.79 Å². The second kappa shape index (κ2) is 3.70. The van der Waals surface area contributed by atoms with Crippen molar-refractivity contribution in [3.05, 3.63) is 46.1 Å². The number of carbonyl (C=O) groups is 1. The van der Waals surface area contributed by atoms with Crippen LogP contribution in [0.2, 0.25) is 5.02 Å². The number of carbonyl (C=O) groups excluding carboxylic acids is 1. The average Bonchev–Trinajstić information content (AvgIpc) is 2.42. The van der Waals surface area contributed by atoms with Gasteiger partial charge in [0.15, 0.2) is 5.78 Å². The number of rotatable bonds is 1. The van der Waals surface area contributed by atoms with Crippen molar-refractivity contribution in [1.29, 1.82) is 0 Å². The third kappa shape index (κ3) is 1.90. The molecule has 0 bridgehead atoms. The highest BCUT2D eigenvalue weighted by Gasteiger charge is 2.24. The molecule has 1 aromatic rings. The predicted molar refractivity (Wildman–Crippen MR) is 61.3 cm³/mol. The molecule has 2 nitrogen and oxygen atoms in total. The lowest BCUT2D eigenvalue weighted by Gasteiger charge is -2.05. The summed E-state index contributed by atoms with van der Waals surface area (Å²) in [6.45, 7) is 0. The number of halogens is 1. The molecule has 0 saturated heterocycles. The van der Waals surface area contributed by atoms with Crippen LogP contribution in [0, 0.1) is 0 Å². The van der Waals surface area contributed by atoms with Gasteiger partial charge >= 0.3 is 0 Å². The Bertz CT molecular complexity index is 449. The molecule has 0 fully saturated rings. The maximum absolute atomic E-state index is 11.9. The first-order valence-electron chi connectivity index (χ1n) is 4.78. The smallest absolute Gasteiger partial charge is 0.191 e. The van der Waals surface area contributed by atoms with Crippen molar-refractivity contribution in [3.63, 3.8) is 0 Å². The van der Waals surface area contributed by atoms with Gasteiger partial charge in [-0.3, -0.25) is 4.79 Å². The Morgan fingerprint density at radius 2 is 2.13 bits per heavy atom. The molecule has 0 heterocycles. The van der Waals surface area contributed by atoms with Crippen LogP contribution in [0.4, 0.5) is 0 Å². The number of nitrogens with zero attached hydrogens (tertiary/aromatic N) is 1. The summed E-state index contributed by atoms with van der Waals surface area (Å²) in [4.78, 5) is 13.8. The number of fused-ring (bicyclic) bond motifs is 1. The molecule has 0 atom stereocenters. The monoisotopic (exact) mass is 221 g/mol. The Morgan fingerprint density at radius 1 is 1.40 bits per heavy atom. The first-order chi connectivity index (χ1) is 7.08. The van der Waals surface area contributed by atoms with Crippen LogP contribution < -0.4 is 0 Å². The van der Waals surface area contributed by atoms with Crippen LogP contribution in [0.5, 0.6) is 0 Å². The molecule has 0 spiro atoms. The van der Waals surface area contributed by atoms with Gasteiger partial charge in [-0.05, 0) is 23.8 Å². The topological polar surface area (TPSA) is 20.3 Å². The first kappa shape index (κ1) is 10.2. The summed E-state index contributed by atoms with van der Waals surface area (Å²) < 4.78 is 0. The second-order valence-corrected chi connectivity index (χ2v) is 4.36. The van der Waals surface area contributed by atoms with Gasteiger partial charge in [-0.2, -0.15) is 0 Å². The highest BCUT2D eigenvalue weighted by Crippen LogP contribution is 2.28. The molecular formula is C12H12ClNO. The molecule has 0 N–H and O–H groups in total. The van der Waals surface area contributed by atoms with Crippen molar-refractivity contribution in [3.8, 4) is 0 Å². The van der Waals surface area contributed by atoms with E-state index in [1.54, 1.807) is 12.1 Å². The summed E-state index contributed by atoms with van der Waals surface area (Å²) in [6.07, 6.45) is 2.56. The predicted octanol–water partition coefficient (Wildman–Crippen LogP) is 2.52. The molecule has 2 rings (SSSR count). The fourth-order valence-electron chi connectivity index (χ4n) is 1.80. The summed E-state index contributed by atoms with van der Waals surface area (Å²) in [7, 11) is 3.83. The SMILES string of the molecule is CN(C)C=C1Cc2cc(Cl)ccc2C1=O. The highest BCUT2D eigenvalue weighted by molar-refractivity contribution is 6.31. The van der Waals surface area contributed by atoms with Crippen molar-refractivity contribution in [2.45, 2.75) is 6.42 Å². The van der Waals surface area contributed by atoms with Crippen LogP contribution >= 0.6 is 11.6 Å². The van der Waals surface area contributed by atoms with E-state index in [1.807, 2.05) is 31.3 Å². The molecule has 0 unspecified atom stereocenters. The molecule has 0 radical (unpaired) electrons. The van der Waals surface area contributed by atoms with Crippen LogP contribution in [0.1, 0.15) is 15.9 Å². The van der Waals surface area contributed by atoms with Gasteiger partial charge in [0.1, 0.15) is 0 Å². The third-order valence-electron chi connectivity index (χ3n) is 2.40. The molecule has 0 aromatic heterocycles. The zero-order valence-corrected chi connectivity index (χ0v) is 9.51. The molecule has 0 aliphatic heterocycles. The number of allylic oxidation sites excluding steroid dienone is 1. The van der Waals surface area contributed by atoms with E-state index >= 15 is 0 Å². The van der Waals surface area contributed by atoms with Crippen LogP contribution in [0.15, 0.2) is 30.0 Å². The minimum absolute atomic E-state index is 0.121. The maximum Gasteiger partial charge on any atom is 0.191 e. The lowest BCUT2D eigenvalue weighted by molar-refractivity contribution is 0.103. The van der Waals surface area contributed by atoms with Gasteiger partial charge in [-0.25, -0.2) is 0 Å². The van der Waals surface area contributed by atoms with E-state index in [2.05, 4.69) is 0 Å². The van der Waals surface area contributed by atoms with Crippen molar-refractivity contribution in [2.75, 3.05) is 14.1 Å². The quantitative estimate of drug-likeness (QED) is 0.680. The number of benzene rings is 1. The number of hydrogen-bond donors (Lipinski definition) is 0. The van der Waals surface area contributed by atoms with Crippen LogP contribution in [-0.2, 0) is 6.42 Å². The molecule has 0 saturated carbocycles. The summed E-state index contributed by atoms with van der Waals surface area (Å²) in [5.41, 5.74) is 2.64. The van der Waals surface area contributed by atoms with E-state index in [0.29, 0.717) is 11.4 Å². The first-order valence-corrected chi connectivity index (χ1v) is 5.16. The van der Waals surface area contributed by atoms with E-state index in [-0.39, 0.29) is 5.78 Å². The Morgan fingerprint density at radius 3 is 2.80 bits per heavy atom. The Kier molecular flexibility index (Phi) is 2.53. The van der Waals surface area contributed by atoms with Crippen LogP contribution in [-0.4, -0.2) is 24.8 Å². The Balaban J connectivity index is 2.41. The van der Waals surface area contributed by atoms with E-state index in [1.165, 1.54) is 0 Å². The maximum atomic E-state index is 11.9.